The van der Waals surface area contributed by atoms with E-state index in [2.05, 4.69) is 10.0 Å². The third-order valence-electron chi connectivity index (χ3n) is 3.66. The van der Waals surface area contributed by atoms with Gasteiger partial charge in [0.2, 0.25) is 5.91 Å². The molecule has 27 heavy (non-hydrogen) atoms. The molecule has 0 aliphatic heterocycles. The number of amides is 1. The van der Waals surface area contributed by atoms with Crippen LogP contribution in [0.5, 0.6) is 5.75 Å². The van der Waals surface area contributed by atoms with Gasteiger partial charge in [0.15, 0.2) is 0 Å². The van der Waals surface area contributed by atoms with Crippen LogP contribution in [0.4, 0.5) is 11.4 Å². The van der Waals surface area contributed by atoms with Crippen molar-refractivity contribution in [3.05, 3.63) is 42.0 Å². The average molecular weight is 406 g/mol. The molecule has 2 aromatic carbocycles. The van der Waals surface area contributed by atoms with E-state index in [1.165, 1.54) is 32.2 Å². The van der Waals surface area contributed by atoms with Crippen LogP contribution in [-0.2, 0) is 21.2 Å². The van der Waals surface area contributed by atoms with Crippen molar-refractivity contribution in [1.82, 2.24) is 0 Å². The number of nitriles is 1. The number of nitrogens with one attached hydrogen (secondary N) is 2. The minimum absolute atomic E-state index is 0.00554. The number of ether oxygens (including phenoxy) is 1. The summed E-state index contributed by atoms with van der Waals surface area (Å²) in [5.74, 6) is -0.0468. The zero-order valence-electron chi connectivity index (χ0n) is 15.1. The Morgan fingerprint density at radius 1 is 1.22 bits per heavy atom. The third kappa shape index (κ3) is 5.15. The van der Waals surface area contributed by atoms with Crippen molar-refractivity contribution in [3.8, 4) is 11.2 Å². The summed E-state index contributed by atoms with van der Waals surface area (Å²) in [6, 6.07) is 9.32. The Hall–Kier alpha value is -2.70. The summed E-state index contributed by atoms with van der Waals surface area (Å²) in [5, 5.41) is 13.4. The molecule has 0 aliphatic carbocycles. The molecule has 0 bridgehead atoms. The number of carbonyl (C=O) groups excluding carboxylic acids is 1. The maximum absolute atomic E-state index is 12.8. The van der Waals surface area contributed by atoms with Gasteiger partial charge in [-0.1, -0.05) is 6.92 Å². The fraction of sp³-hybridized carbons (Fsp3) is 0.222. The summed E-state index contributed by atoms with van der Waals surface area (Å²) >= 11 is 1.02. The van der Waals surface area contributed by atoms with E-state index in [9.17, 15) is 13.2 Å². The Morgan fingerprint density at radius 3 is 2.52 bits per heavy atom. The highest BCUT2D eigenvalue weighted by Crippen LogP contribution is 2.30. The van der Waals surface area contributed by atoms with Gasteiger partial charge in [-0.2, -0.15) is 5.26 Å². The molecule has 0 aromatic heterocycles. The molecule has 0 fully saturated rings. The SMILES string of the molecule is CCc1cc(SC#N)ccc1NS(=O)(=O)c1ccc(NC(C)=O)c(OC)c1. The fourth-order valence-electron chi connectivity index (χ4n) is 2.41. The van der Waals surface area contributed by atoms with E-state index in [4.69, 9.17) is 10.00 Å². The first-order valence-corrected chi connectivity index (χ1v) is 10.3. The molecule has 9 heteroatoms. The number of hydrogen-bond donors (Lipinski definition) is 2. The van der Waals surface area contributed by atoms with Crippen molar-refractivity contribution in [3.63, 3.8) is 0 Å². The molecule has 0 saturated heterocycles. The van der Waals surface area contributed by atoms with E-state index in [1.807, 2.05) is 12.3 Å². The lowest BCUT2D eigenvalue weighted by Crippen LogP contribution is -2.15. The van der Waals surface area contributed by atoms with E-state index in [0.717, 1.165) is 22.2 Å². The van der Waals surface area contributed by atoms with Gasteiger partial charge in [0.25, 0.3) is 10.0 Å². The number of hydrogen-bond acceptors (Lipinski definition) is 6. The van der Waals surface area contributed by atoms with Crippen LogP contribution in [0.2, 0.25) is 0 Å². The molecule has 0 saturated carbocycles. The number of methoxy groups -OCH3 is 1. The van der Waals surface area contributed by atoms with Gasteiger partial charge in [-0.25, -0.2) is 8.42 Å². The van der Waals surface area contributed by atoms with Gasteiger partial charge in [-0.3, -0.25) is 9.52 Å². The lowest BCUT2D eigenvalue weighted by atomic mass is 10.1. The number of nitrogens with zero attached hydrogens (tertiary/aromatic N) is 1. The third-order valence-corrected chi connectivity index (χ3v) is 5.60. The summed E-state index contributed by atoms with van der Waals surface area (Å²) in [4.78, 5) is 12.0. The highest BCUT2D eigenvalue weighted by molar-refractivity contribution is 8.03. The second-order valence-corrected chi connectivity index (χ2v) is 8.06. The quantitative estimate of drug-likeness (QED) is 0.538. The Kier molecular flexibility index (Phi) is 6.71. The van der Waals surface area contributed by atoms with Crippen molar-refractivity contribution < 1.29 is 17.9 Å². The predicted molar refractivity (Wildman–Crippen MR) is 105 cm³/mol. The minimum atomic E-state index is -3.86. The summed E-state index contributed by atoms with van der Waals surface area (Å²) < 4.78 is 33.3. The van der Waals surface area contributed by atoms with Crippen LogP contribution < -0.4 is 14.8 Å². The summed E-state index contributed by atoms with van der Waals surface area (Å²) in [6.07, 6.45) is 0.600. The number of benzene rings is 2. The zero-order valence-corrected chi connectivity index (χ0v) is 16.7. The smallest absolute Gasteiger partial charge is 0.262 e. The molecule has 0 aliphatic rings. The molecule has 7 nitrogen and oxygen atoms in total. The highest BCUT2D eigenvalue weighted by atomic mass is 32.2. The van der Waals surface area contributed by atoms with Crippen LogP contribution in [0, 0.1) is 10.7 Å². The molecule has 2 N–H and O–H groups in total. The Bertz CT molecular complexity index is 998. The molecule has 0 atom stereocenters. The number of aryl methyl sites for hydroxylation is 1. The molecule has 0 heterocycles. The molecule has 1 amide bonds. The summed E-state index contributed by atoms with van der Waals surface area (Å²) in [6.45, 7) is 3.26. The highest BCUT2D eigenvalue weighted by Gasteiger charge is 2.18. The van der Waals surface area contributed by atoms with Crippen molar-refractivity contribution in [1.29, 1.82) is 5.26 Å². The first kappa shape index (κ1) is 20.6. The van der Waals surface area contributed by atoms with Crippen molar-refractivity contribution >= 4 is 39.1 Å². The lowest BCUT2D eigenvalue weighted by Gasteiger charge is -2.14. The van der Waals surface area contributed by atoms with E-state index >= 15 is 0 Å². The molecule has 0 spiro atoms. The predicted octanol–water partition coefficient (Wildman–Crippen LogP) is 3.59. The summed E-state index contributed by atoms with van der Waals surface area (Å²) in [7, 11) is -2.47. The minimum Gasteiger partial charge on any atom is -0.495 e. The number of rotatable bonds is 7. The van der Waals surface area contributed by atoms with Crippen LogP contribution in [0.1, 0.15) is 19.4 Å². The number of carbonyl (C=O) groups is 1. The van der Waals surface area contributed by atoms with Crippen molar-refractivity contribution in [2.45, 2.75) is 30.1 Å². The van der Waals surface area contributed by atoms with Crippen LogP contribution in [0.25, 0.3) is 0 Å². The number of thiocyanates is 1. The number of sulfonamides is 1. The van der Waals surface area contributed by atoms with Crippen LogP contribution >= 0.6 is 11.8 Å². The van der Waals surface area contributed by atoms with Gasteiger partial charge in [-0.15, -0.1) is 0 Å². The lowest BCUT2D eigenvalue weighted by molar-refractivity contribution is -0.114. The summed E-state index contributed by atoms with van der Waals surface area (Å²) in [5.41, 5.74) is 1.61. The van der Waals surface area contributed by atoms with Crippen LogP contribution in [-0.4, -0.2) is 21.4 Å². The monoisotopic (exact) mass is 405 g/mol. The Labute approximate surface area is 162 Å². The van der Waals surface area contributed by atoms with Gasteiger partial charge in [0, 0.05) is 17.9 Å². The molecule has 0 unspecified atom stereocenters. The average Bonchev–Trinajstić information content (AvgIpc) is 2.62. The van der Waals surface area contributed by atoms with Gasteiger partial charge in [-0.05, 0) is 54.1 Å². The van der Waals surface area contributed by atoms with Gasteiger partial charge in [0.1, 0.15) is 11.2 Å². The number of anilines is 2. The zero-order chi connectivity index (χ0) is 20.0. The van der Waals surface area contributed by atoms with E-state index in [1.54, 1.807) is 18.2 Å². The van der Waals surface area contributed by atoms with Crippen molar-refractivity contribution in [2.75, 3.05) is 17.1 Å². The van der Waals surface area contributed by atoms with Crippen molar-refractivity contribution in [2.24, 2.45) is 0 Å². The second-order valence-electron chi connectivity index (χ2n) is 5.51. The molecule has 142 valence electrons. The maximum Gasteiger partial charge on any atom is 0.262 e. The van der Waals surface area contributed by atoms with E-state index in [-0.39, 0.29) is 16.6 Å². The standard InChI is InChI=1S/C18H19N3O4S2/c1-4-13-9-14(26-11-19)5-7-16(13)21-27(23,24)15-6-8-17(20-12(2)22)18(10-15)25-3/h5-10,21H,4H2,1-3H3,(H,20,22). The fourth-order valence-corrected chi connectivity index (χ4v) is 3.97. The second kappa shape index (κ2) is 8.79. The van der Waals surface area contributed by atoms with Gasteiger partial charge >= 0.3 is 0 Å². The van der Waals surface area contributed by atoms with E-state index < -0.39 is 10.0 Å². The molecule has 2 rings (SSSR count). The Balaban J connectivity index is 2.37. The number of thioether (sulfide) groups is 1. The van der Waals surface area contributed by atoms with Gasteiger partial charge in [0.05, 0.1) is 23.4 Å². The van der Waals surface area contributed by atoms with Crippen LogP contribution in [0.15, 0.2) is 46.2 Å². The topological polar surface area (TPSA) is 108 Å². The van der Waals surface area contributed by atoms with Gasteiger partial charge < -0.3 is 10.1 Å². The van der Waals surface area contributed by atoms with E-state index in [0.29, 0.717) is 17.8 Å². The largest absolute Gasteiger partial charge is 0.495 e. The normalized spacial score (nSPS) is 10.7. The molecular formula is C18H19N3O4S2. The Morgan fingerprint density at radius 2 is 1.93 bits per heavy atom. The molecular weight excluding hydrogens is 386 g/mol. The molecule has 2 aromatic rings. The molecule has 0 radical (unpaired) electrons. The maximum atomic E-state index is 12.8. The van der Waals surface area contributed by atoms with Crippen LogP contribution in [0.3, 0.4) is 0 Å². The first-order chi connectivity index (χ1) is 12.8. The first-order valence-electron chi connectivity index (χ1n) is 7.98.